The summed E-state index contributed by atoms with van der Waals surface area (Å²) in [6, 6.07) is 43.2. The summed E-state index contributed by atoms with van der Waals surface area (Å²) in [6.45, 7) is 1.88. The van der Waals surface area contributed by atoms with E-state index < -0.39 is 0 Å². The van der Waals surface area contributed by atoms with Crippen molar-refractivity contribution in [1.29, 1.82) is 0 Å². The Morgan fingerprint density at radius 2 is 1.00 bits per heavy atom. The van der Waals surface area contributed by atoms with Crippen LogP contribution in [0.15, 0.2) is 133 Å². The topological polar surface area (TPSA) is 54.0 Å². The van der Waals surface area contributed by atoms with Crippen LogP contribution in [0.3, 0.4) is 0 Å². The number of ether oxygens (including phenoxy) is 4. The van der Waals surface area contributed by atoms with Gasteiger partial charge in [0.05, 0.1) is 18.8 Å². The Hall–Kier alpha value is -4.87. The monoisotopic (exact) mass is 544 g/mol. The molecule has 0 radical (unpaired) electrons. The lowest BCUT2D eigenvalue weighted by Crippen LogP contribution is -2.10. The maximum absolute atomic E-state index is 12.5. The Morgan fingerprint density at radius 1 is 0.488 bits per heavy atom. The third kappa shape index (κ3) is 8.31. The smallest absolute Gasteiger partial charge is 0.338 e. The van der Waals surface area contributed by atoms with Crippen molar-refractivity contribution in [3.05, 3.63) is 156 Å². The van der Waals surface area contributed by atoms with Crippen LogP contribution in [0.1, 0.15) is 27.0 Å². The van der Waals surface area contributed by atoms with E-state index in [2.05, 4.69) is 0 Å². The van der Waals surface area contributed by atoms with Gasteiger partial charge in [-0.3, -0.25) is 0 Å². The van der Waals surface area contributed by atoms with Crippen molar-refractivity contribution >= 4 is 5.97 Å². The fourth-order valence-electron chi connectivity index (χ4n) is 4.23. The molecule has 0 fully saturated rings. The molecule has 0 N–H and O–H groups in total. The molecule has 0 amide bonds. The molecule has 0 bridgehead atoms. The summed E-state index contributed by atoms with van der Waals surface area (Å²) >= 11 is 0. The van der Waals surface area contributed by atoms with Gasteiger partial charge in [0.15, 0.2) is 11.5 Å². The molecule has 5 rings (SSSR count). The molecule has 0 saturated carbocycles. The molecule has 0 aromatic heterocycles. The number of benzene rings is 5. The van der Waals surface area contributed by atoms with Gasteiger partial charge in [-0.2, -0.15) is 0 Å². The van der Waals surface area contributed by atoms with E-state index >= 15 is 0 Å². The number of hydrogen-bond acceptors (Lipinski definition) is 5. The lowest BCUT2D eigenvalue weighted by Gasteiger charge is -2.15. The minimum Gasteiger partial charge on any atom is -0.485 e. The summed E-state index contributed by atoms with van der Waals surface area (Å²) in [5.74, 6) is 0.945. The SMILES string of the molecule is O=C(OCCOCc1ccccc1)c1ccc(-c2ccc(OCc3ccccc3)c(OCc3ccccc3)c2)cc1. The Bertz CT molecular complexity index is 1500. The van der Waals surface area contributed by atoms with Crippen molar-refractivity contribution in [2.24, 2.45) is 0 Å². The molecular weight excluding hydrogens is 512 g/mol. The zero-order valence-electron chi connectivity index (χ0n) is 22.8. The Balaban J connectivity index is 1.21. The van der Waals surface area contributed by atoms with Crippen molar-refractivity contribution in [2.45, 2.75) is 19.8 Å². The van der Waals surface area contributed by atoms with E-state index in [0.717, 1.165) is 27.8 Å². The number of esters is 1. The normalized spacial score (nSPS) is 10.6. The molecule has 5 aromatic rings. The fraction of sp³-hybridized carbons (Fsp3) is 0.139. The highest BCUT2D eigenvalue weighted by molar-refractivity contribution is 5.90. The Kier molecular flexibility index (Phi) is 9.79. The average molecular weight is 545 g/mol. The van der Waals surface area contributed by atoms with E-state index in [-0.39, 0.29) is 12.6 Å². The van der Waals surface area contributed by atoms with Gasteiger partial charge in [0.2, 0.25) is 0 Å². The maximum atomic E-state index is 12.5. The van der Waals surface area contributed by atoms with Crippen molar-refractivity contribution in [1.82, 2.24) is 0 Å². The predicted octanol–water partition coefficient (Wildman–Crippen LogP) is 7.89. The predicted molar refractivity (Wildman–Crippen MR) is 160 cm³/mol. The summed E-state index contributed by atoms with van der Waals surface area (Å²) in [7, 11) is 0. The summed E-state index contributed by atoms with van der Waals surface area (Å²) < 4.78 is 23.3. The van der Waals surface area contributed by atoms with Crippen LogP contribution in [0.25, 0.3) is 11.1 Å². The number of carbonyl (C=O) groups excluding carboxylic acids is 1. The van der Waals surface area contributed by atoms with Gasteiger partial charge in [0.1, 0.15) is 19.8 Å². The second kappa shape index (κ2) is 14.5. The zero-order chi connectivity index (χ0) is 28.1. The van der Waals surface area contributed by atoms with Crippen LogP contribution < -0.4 is 9.47 Å². The van der Waals surface area contributed by atoms with Gasteiger partial charge >= 0.3 is 5.97 Å². The Morgan fingerprint density at radius 3 is 1.59 bits per heavy atom. The van der Waals surface area contributed by atoms with E-state index in [4.69, 9.17) is 18.9 Å². The third-order valence-corrected chi connectivity index (χ3v) is 6.44. The van der Waals surface area contributed by atoms with Gasteiger partial charge in [-0.15, -0.1) is 0 Å². The van der Waals surface area contributed by atoms with Crippen LogP contribution in [-0.4, -0.2) is 19.2 Å². The minimum absolute atomic E-state index is 0.194. The van der Waals surface area contributed by atoms with Crippen molar-refractivity contribution in [3.8, 4) is 22.6 Å². The number of carbonyl (C=O) groups is 1. The molecule has 5 aromatic carbocycles. The molecule has 0 spiro atoms. The quantitative estimate of drug-likeness (QED) is 0.111. The maximum Gasteiger partial charge on any atom is 0.338 e. The first-order valence-electron chi connectivity index (χ1n) is 13.6. The van der Waals surface area contributed by atoms with E-state index in [9.17, 15) is 4.79 Å². The second-order valence-electron chi connectivity index (χ2n) is 9.46. The average Bonchev–Trinajstić information content (AvgIpc) is 3.04. The lowest BCUT2D eigenvalue weighted by atomic mass is 10.0. The summed E-state index contributed by atoms with van der Waals surface area (Å²) in [5, 5.41) is 0. The first-order chi connectivity index (χ1) is 20.2. The minimum atomic E-state index is -0.378. The first kappa shape index (κ1) is 27.7. The van der Waals surface area contributed by atoms with E-state index in [1.54, 1.807) is 12.1 Å². The lowest BCUT2D eigenvalue weighted by molar-refractivity contribution is 0.0288. The molecular formula is C36H32O5. The highest BCUT2D eigenvalue weighted by Gasteiger charge is 2.12. The molecule has 0 aliphatic carbocycles. The molecule has 0 unspecified atom stereocenters. The highest BCUT2D eigenvalue weighted by atomic mass is 16.6. The molecule has 206 valence electrons. The summed E-state index contributed by atoms with van der Waals surface area (Å²) in [5.41, 5.74) is 5.62. The van der Waals surface area contributed by atoms with Crippen LogP contribution in [0.2, 0.25) is 0 Å². The summed E-state index contributed by atoms with van der Waals surface area (Å²) in [4.78, 5) is 12.5. The van der Waals surface area contributed by atoms with Crippen LogP contribution in [0.5, 0.6) is 11.5 Å². The van der Waals surface area contributed by atoms with E-state index in [1.165, 1.54) is 0 Å². The third-order valence-electron chi connectivity index (χ3n) is 6.44. The standard InChI is InChI=1S/C36H32O5/c37-36(39-23-22-38-25-28-10-4-1-5-11-28)32-18-16-31(17-19-32)33-20-21-34(40-26-29-12-6-2-7-13-29)35(24-33)41-27-30-14-8-3-9-15-30/h1-21,24H,22-23,25-27H2. The molecule has 0 atom stereocenters. The van der Waals surface area contributed by atoms with Gasteiger partial charge in [0, 0.05) is 0 Å². The van der Waals surface area contributed by atoms with Gasteiger partial charge in [-0.05, 0) is 52.1 Å². The van der Waals surface area contributed by atoms with Crippen molar-refractivity contribution < 1.29 is 23.7 Å². The summed E-state index contributed by atoms with van der Waals surface area (Å²) in [6.07, 6.45) is 0. The van der Waals surface area contributed by atoms with E-state index in [0.29, 0.717) is 43.5 Å². The number of rotatable bonds is 13. The second-order valence-corrected chi connectivity index (χ2v) is 9.46. The van der Waals surface area contributed by atoms with Gasteiger partial charge in [-0.25, -0.2) is 4.79 Å². The van der Waals surface area contributed by atoms with Crippen LogP contribution in [0.4, 0.5) is 0 Å². The fourth-order valence-corrected chi connectivity index (χ4v) is 4.23. The molecule has 41 heavy (non-hydrogen) atoms. The Labute approximate surface area is 240 Å². The van der Waals surface area contributed by atoms with Crippen LogP contribution >= 0.6 is 0 Å². The van der Waals surface area contributed by atoms with Crippen molar-refractivity contribution in [2.75, 3.05) is 13.2 Å². The molecule has 0 aliphatic rings. The first-order valence-corrected chi connectivity index (χ1v) is 13.6. The molecule has 5 heteroatoms. The van der Waals surface area contributed by atoms with Gasteiger partial charge in [-0.1, -0.05) is 109 Å². The molecule has 0 heterocycles. The largest absolute Gasteiger partial charge is 0.485 e. The molecule has 0 aliphatic heterocycles. The van der Waals surface area contributed by atoms with Crippen LogP contribution in [-0.2, 0) is 29.3 Å². The van der Waals surface area contributed by atoms with Gasteiger partial charge < -0.3 is 18.9 Å². The van der Waals surface area contributed by atoms with Crippen LogP contribution in [0, 0.1) is 0 Å². The van der Waals surface area contributed by atoms with Crippen molar-refractivity contribution in [3.63, 3.8) is 0 Å². The number of hydrogen-bond donors (Lipinski definition) is 0. The highest BCUT2D eigenvalue weighted by Crippen LogP contribution is 2.34. The zero-order valence-corrected chi connectivity index (χ0v) is 22.8. The molecule has 0 saturated heterocycles. The van der Waals surface area contributed by atoms with Gasteiger partial charge in [0.25, 0.3) is 0 Å². The van der Waals surface area contributed by atoms with E-state index in [1.807, 2.05) is 121 Å². The molecule has 5 nitrogen and oxygen atoms in total.